The molecule has 1 saturated heterocycles. The molecule has 2 aromatic heterocycles. The first-order valence-corrected chi connectivity index (χ1v) is 12.9. The van der Waals surface area contributed by atoms with E-state index in [9.17, 15) is 17.2 Å². The zero-order valence-corrected chi connectivity index (χ0v) is 19.5. The number of piperidine rings is 1. The number of fused-ring (bicyclic) bond motifs is 1. The van der Waals surface area contributed by atoms with Crippen molar-refractivity contribution in [3.8, 4) is 0 Å². The van der Waals surface area contributed by atoms with Gasteiger partial charge in [-0.15, -0.1) is 0 Å². The van der Waals surface area contributed by atoms with Crippen molar-refractivity contribution in [1.29, 1.82) is 0 Å². The standard InChI is InChI=1S/C23H26F2N6O2S/c1-34(32,33)31-11-15-10-29(14-22(15)28-31)18-9-21(26)23(19-8-16(24)5-6-20(19)25)30(13-18)12-17-4-2-3-7-27-17/h2-8,11,18,21,23H,9-10,12-14,26H2,1H3/t18-,21+,23?/m1/s1. The van der Waals surface area contributed by atoms with Crippen molar-refractivity contribution in [2.45, 2.75) is 44.2 Å². The van der Waals surface area contributed by atoms with E-state index in [1.54, 1.807) is 12.4 Å². The Kier molecular flexibility index (Phi) is 5.96. The molecule has 0 aliphatic carbocycles. The van der Waals surface area contributed by atoms with Gasteiger partial charge in [0.2, 0.25) is 0 Å². The number of pyridine rings is 1. The van der Waals surface area contributed by atoms with Crippen LogP contribution in [0.1, 0.15) is 35.0 Å². The van der Waals surface area contributed by atoms with E-state index in [0.717, 1.165) is 39.4 Å². The van der Waals surface area contributed by atoms with Gasteiger partial charge in [0.05, 0.1) is 23.7 Å². The number of halogens is 2. The fourth-order valence-corrected chi connectivity index (χ4v) is 5.61. The summed E-state index contributed by atoms with van der Waals surface area (Å²) in [4.78, 5) is 8.69. The number of rotatable bonds is 5. The van der Waals surface area contributed by atoms with Crippen LogP contribution in [0.2, 0.25) is 0 Å². The van der Waals surface area contributed by atoms with Crippen LogP contribution in [0, 0.1) is 11.6 Å². The summed E-state index contributed by atoms with van der Waals surface area (Å²) in [6.45, 7) is 2.07. The van der Waals surface area contributed by atoms with E-state index in [4.69, 9.17) is 5.73 Å². The van der Waals surface area contributed by atoms with Crippen molar-refractivity contribution in [3.63, 3.8) is 0 Å². The Balaban J connectivity index is 1.41. The van der Waals surface area contributed by atoms with E-state index < -0.39 is 33.7 Å². The highest BCUT2D eigenvalue weighted by Crippen LogP contribution is 2.36. The molecule has 2 aliphatic heterocycles. The SMILES string of the molecule is CS(=O)(=O)n1cc2c(n1)CN([C@@H]1C[C@H](N)C(c3cc(F)ccc3F)N(Cc3ccccn3)C1)C2. The topological polar surface area (TPSA) is 97.3 Å². The number of likely N-dealkylation sites (tertiary alicyclic amines) is 1. The third-order valence-electron chi connectivity index (χ3n) is 6.60. The van der Waals surface area contributed by atoms with Crippen molar-refractivity contribution < 1.29 is 17.2 Å². The molecule has 1 aromatic carbocycles. The monoisotopic (exact) mass is 488 g/mol. The summed E-state index contributed by atoms with van der Waals surface area (Å²) in [5.74, 6) is -0.987. The van der Waals surface area contributed by atoms with Gasteiger partial charge in [0, 0.05) is 61.8 Å². The first-order chi connectivity index (χ1) is 16.2. The predicted octanol–water partition coefficient (Wildman–Crippen LogP) is 2.02. The number of aromatic nitrogens is 3. The van der Waals surface area contributed by atoms with Crippen molar-refractivity contribution in [2.75, 3.05) is 12.8 Å². The van der Waals surface area contributed by atoms with Gasteiger partial charge in [0.25, 0.3) is 10.0 Å². The molecular weight excluding hydrogens is 462 g/mol. The largest absolute Gasteiger partial charge is 0.326 e. The van der Waals surface area contributed by atoms with Crippen LogP contribution in [0.15, 0.2) is 48.8 Å². The highest BCUT2D eigenvalue weighted by molar-refractivity contribution is 7.89. The van der Waals surface area contributed by atoms with Crippen LogP contribution in [-0.4, -0.2) is 57.3 Å². The van der Waals surface area contributed by atoms with Gasteiger partial charge in [-0.25, -0.2) is 17.2 Å². The van der Waals surface area contributed by atoms with Gasteiger partial charge in [-0.05, 0) is 36.8 Å². The van der Waals surface area contributed by atoms with Crippen molar-refractivity contribution in [3.05, 3.63) is 82.9 Å². The second-order valence-electron chi connectivity index (χ2n) is 9.06. The van der Waals surface area contributed by atoms with Gasteiger partial charge < -0.3 is 5.73 Å². The summed E-state index contributed by atoms with van der Waals surface area (Å²) in [6.07, 6.45) is 4.96. The van der Waals surface area contributed by atoms with Gasteiger partial charge in [-0.3, -0.25) is 14.8 Å². The molecule has 34 heavy (non-hydrogen) atoms. The fraction of sp³-hybridized carbons (Fsp3) is 0.391. The lowest BCUT2D eigenvalue weighted by atomic mass is 9.87. The summed E-state index contributed by atoms with van der Waals surface area (Å²) in [7, 11) is -3.44. The molecule has 3 atom stereocenters. The van der Waals surface area contributed by atoms with Gasteiger partial charge >= 0.3 is 0 Å². The maximum absolute atomic E-state index is 14.8. The lowest BCUT2D eigenvalue weighted by molar-refractivity contribution is 0.0355. The van der Waals surface area contributed by atoms with Crippen LogP contribution in [-0.2, 0) is 29.7 Å². The molecule has 1 unspecified atom stereocenters. The quantitative estimate of drug-likeness (QED) is 0.587. The maximum atomic E-state index is 14.8. The normalized spacial score (nSPS) is 23.8. The summed E-state index contributed by atoms with van der Waals surface area (Å²) >= 11 is 0. The molecule has 1 fully saturated rings. The lowest BCUT2D eigenvalue weighted by Gasteiger charge is -2.46. The third kappa shape index (κ3) is 4.48. The van der Waals surface area contributed by atoms with E-state index in [1.807, 2.05) is 18.2 Å². The number of hydrogen-bond acceptors (Lipinski definition) is 7. The predicted molar refractivity (Wildman–Crippen MR) is 122 cm³/mol. The second-order valence-corrected chi connectivity index (χ2v) is 10.9. The summed E-state index contributed by atoms with van der Waals surface area (Å²) in [6, 6.07) is 8.18. The van der Waals surface area contributed by atoms with Gasteiger partial charge in [-0.2, -0.15) is 9.19 Å². The molecule has 0 bridgehead atoms. The molecule has 8 nitrogen and oxygen atoms in total. The Hall–Kier alpha value is -2.73. The van der Waals surface area contributed by atoms with E-state index in [2.05, 4.69) is 19.9 Å². The molecule has 5 rings (SSSR count). The maximum Gasteiger partial charge on any atom is 0.250 e. The number of nitrogens with two attached hydrogens (primary N) is 1. The number of benzene rings is 1. The third-order valence-corrected chi connectivity index (χ3v) is 7.46. The van der Waals surface area contributed by atoms with Gasteiger partial charge in [-0.1, -0.05) is 6.07 Å². The Morgan fingerprint density at radius 2 is 2.00 bits per heavy atom. The number of nitrogens with zero attached hydrogens (tertiary/aromatic N) is 5. The molecule has 11 heteroatoms. The molecule has 0 radical (unpaired) electrons. The zero-order valence-electron chi connectivity index (χ0n) is 18.7. The zero-order chi connectivity index (χ0) is 24.0. The highest BCUT2D eigenvalue weighted by atomic mass is 32.2. The summed E-state index contributed by atoms with van der Waals surface area (Å²) < 4.78 is 53.4. The van der Waals surface area contributed by atoms with Crippen molar-refractivity contribution in [2.24, 2.45) is 5.73 Å². The Bertz CT molecular complexity index is 1280. The van der Waals surface area contributed by atoms with Crippen LogP contribution in [0.4, 0.5) is 8.78 Å². The summed E-state index contributed by atoms with van der Waals surface area (Å²) in [5, 5.41) is 4.24. The first kappa shape index (κ1) is 23.0. The molecule has 4 heterocycles. The molecule has 0 saturated carbocycles. The van der Waals surface area contributed by atoms with Crippen LogP contribution in [0.25, 0.3) is 0 Å². The molecule has 3 aromatic rings. The summed E-state index contributed by atoms with van der Waals surface area (Å²) in [5.41, 5.74) is 9.27. The van der Waals surface area contributed by atoms with Gasteiger partial charge in [0.15, 0.2) is 0 Å². The average molecular weight is 489 g/mol. The van der Waals surface area contributed by atoms with Crippen LogP contribution < -0.4 is 5.73 Å². The van der Waals surface area contributed by atoms with Gasteiger partial charge in [0.1, 0.15) is 11.6 Å². The van der Waals surface area contributed by atoms with E-state index in [1.165, 1.54) is 6.07 Å². The van der Waals surface area contributed by atoms with E-state index in [-0.39, 0.29) is 11.6 Å². The smallest absolute Gasteiger partial charge is 0.250 e. The number of hydrogen-bond donors (Lipinski definition) is 1. The van der Waals surface area contributed by atoms with Crippen LogP contribution in [0.3, 0.4) is 0 Å². The average Bonchev–Trinajstić information content (AvgIpc) is 3.36. The van der Waals surface area contributed by atoms with Crippen LogP contribution in [0.5, 0.6) is 0 Å². The molecule has 180 valence electrons. The Labute approximate surface area is 197 Å². The Morgan fingerprint density at radius 3 is 2.71 bits per heavy atom. The van der Waals surface area contributed by atoms with E-state index >= 15 is 0 Å². The molecular formula is C23H26F2N6O2S. The molecule has 2 N–H and O–H groups in total. The van der Waals surface area contributed by atoms with E-state index in [0.29, 0.717) is 32.6 Å². The molecule has 2 aliphatic rings. The van der Waals surface area contributed by atoms with Crippen molar-refractivity contribution >= 4 is 10.0 Å². The minimum atomic E-state index is -3.44. The Morgan fingerprint density at radius 1 is 1.18 bits per heavy atom. The second kappa shape index (κ2) is 8.81. The highest BCUT2D eigenvalue weighted by Gasteiger charge is 2.40. The fourth-order valence-electron chi connectivity index (χ4n) is 5.05. The lowest BCUT2D eigenvalue weighted by Crippen LogP contribution is -2.55. The molecule has 0 amide bonds. The minimum Gasteiger partial charge on any atom is -0.326 e. The first-order valence-electron chi connectivity index (χ1n) is 11.1. The molecule has 0 spiro atoms. The minimum absolute atomic E-state index is 0.0347. The van der Waals surface area contributed by atoms with Crippen LogP contribution >= 0.6 is 0 Å². The van der Waals surface area contributed by atoms with Crippen molar-refractivity contribution in [1.82, 2.24) is 24.0 Å².